The minimum Gasteiger partial charge on any atom is -0.435 e. The quantitative estimate of drug-likeness (QED) is 0.673. The largest absolute Gasteiger partial charge is 0.435 e. The standard InChI is InChI=1S/C15H13F2N3O3/c1-20-9-11(4-7-13(20)21)14(22)19-18-8-10-2-5-12(6-3-10)23-15(16)17/h2-9,15H,1H3,(H,19,22)/b18-8+. The Kier molecular flexibility index (Phi) is 5.19. The fourth-order valence-electron chi connectivity index (χ4n) is 1.69. The fraction of sp³-hybridized carbons (Fsp3) is 0.133. The number of carbonyl (C=O) groups is 1. The highest BCUT2D eigenvalue weighted by atomic mass is 19.3. The molecule has 2 rings (SSSR count). The van der Waals surface area contributed by atoms with Crippen LogP contribution in [0, 0.1) is 0 Å². The molecule has 6 nitrogen and oxygen atoms in total. The molecule has 0 saturated carbocycles. The molecule has 0 saturated heterocycles. The van der Waals surface area contributed by atoms with Crippen molar-refractivity contribution in [3.05, 3.63) is 64.1 Å². The molecule has 0 atom stereocenters. The molecule has 0 fully saturated rings. The summed E-state index contributed by atoms with van der Waals surface area (Å²) in [5, 5.41) is 3.76. The molecule has 1 aromatic carbocycles. The first-order valence-electron chi connectivity index (χ1n) is 6.50. The highest BCUT2D eigenvalue weighted by Crippen LogP contribution is 2.13. The zero-order valence-corrected chi connectivity index (χ0v) is 12.1. The van der Waals surface area contributed by atoms with E-state index in [1.165, 1.54) is 60.4 Å². The number of rotatable bonds is 5. The molecule has 1 N–H and O–H groups in total. The Morgan fingerprint density at radius 3 is 2.57 bits per heavy atom. The zero-order chi connectivity index (χ0) is 16.8. The lowest BCUT2D eigenvalue weighted by molar-refractivity contribution is -0.0498. The Labute approximate surface area is 130 Å². The number of ether oxygens (including phenoxy) is 1. The van der Waals surface area contributed by atoms with Crippen LogP contribution < -0.4 is 15.7 Å². The van der Waals surface area contributed by atoms with Crippen molar-refractivity contribution in [3.63, 3.8) is 0 Å². The van der Waals surface area contributed by atoms with Gasteiger partial charge in [0, 0.05) is 19.3 Å². The summed E-state index contributed by atoms with van der Waals surface area (Å²) >= 11 is 0. The molecular weight excluding hydrogens is 308 g/mol. The number of aromatic nitrogens is 1. The Hall–Kier alpha value is -3.03. The minimum absolute atomic E-state index is 0.0337. The number of benzene rings is 1. The molecule has 8 heteroatoms. The average Bonchev–Trinajstić information content (AvgIpc) is 2.51. The number of carbonyl (C=O) groups excluding carboxylic acids is 1. The van der Waals surface area contributed by atoms with Crippen LogP contribution in [0.25, 0.3) is 0 Å². The van der Waals surface area contributed by atoms with Gasteiger partial charge in [-0.3, -0.25) is 9.59 Å². The zero-order valence-electron chi connectivity index (χ0n) is 12.1. The van der Waals surface area contributed by atoms with Crippen LogP contribution in [0.3, 0.4) is 0 Å². The number of nitrogens with zero attached hydrogens (tertiary/aromatic N) is 2. The molecule has 0 spiro atoms. The summed E-state index contributed by atoms with van der Waals surface area (Å²) in [6, 6.07) is 8.42. The number of aryl methyl sites for hydroxylation is 1. The van der Waals surface area contributed by atoms with E-state index in [4.69, 9.17) is 0 Å². The minimum atomic E-state index is -2.88. The first kappa shape index (κ1) is 16.3. The van der Waals surface area contributed by atoms with E-state index >= 15 is 0 Å². The van der Waals surface area contributed by atoms with Crippen LogP contribution in [-0.4, -0.2) is 23.3 Å². The topological polar surface area (TPSA) is 72.7 Å². The number of hydrogen-bond donors (Lipinski definition) is 1. The van der Waals surface area contributed by atoms with Crippen LogP contribution in [0.4, 0.5) is 8.78 Å². The van der Waals surface area contributed by atoms with E-state index in [1.807, 2.05) is 0 Å². The van der Waals surface area contributed by atoms with E-state index in [-0.39, 0.29) is 16.9 Å². The van der Waals surface area contributed by atoms with Gasteiger partial charge in [0.25, 0.3) is 5.91 Å². The second kappa shape index (κ2) is 7.30. The van der Waals surface area contributed by atoms with Crippen molar-refractivity contribution in [2.24, 2.45) is 12.1 Å². The monoisotopic (exact) mass is 321 g/mol. The Morgan fingerprint density at radius 2 is 1.96 bits per heavy atom. The normalized spacial score (nSPS) is 11.0. The van der Waals surface area contributed by atoms with Gasteiger partial charge in [-0.1, -0.05) is 0 Å². The van der Waals surface area contributed by atoms with Gasteiger partial charge >= 0.3 is 6.61 Å². The van der Waals surface area contributed by atoms with Crippen LogP contribution in [0.5, 0.6) is 5.75 Å². The number of alkyl halides is 2. The van der Waals surface area contributed by atoms with Gasteiger partial charge in [-0.25, -0.2) is 5.43 Å². The Morgan fingerprint density at radius 1 is 1.26 bits per heavy atom. The van der Waals surface area contributed by atoms with Crippen molar-refractivity contribution >= 4 is 12.1 Å². The number of hydrazone groups is 1. The molecule has 0 aliphatic rings. The van der Waals surface area contributed by atoms with Gasteiger partial charge in [-0.15, -0.1) is 0 Å². The van der Waals surface area contributed by atoms with Crippen molar-refractivity contribution in [1.29, 1.82) is 0 Å². The first-order chi connectivity index (χ1) is 11.0. The lowest BCUT2D eigenvalue weighted by atomic mass is 10.2. The molecule has 120 valence electrons. The first-order valence-corrected chi connectivity index (χ1v) is 6.50. The van der Waals surface area contributed by atoms with Gasteiger partial charge in [-0.05, 0) is 35.9 Å². The third kappa shape index (κ3) is 4.73. The molecular formula is C15H13F2N3O3. The summed E-state index contributed by atoms with van der Waals surface area (Å²) in [5.74, 6) is -0.444. The van der Waals surface area contributed by atoms with Crippen LogP contribution in [-0.2, 0) is 7.05 Å². The molecule has 0 bridgehead atoms. The second-order valence-electron chi connectivity index (χ2n) is 4.51. The van der Waals surface area contributed by atoms with Gasteiger partial charge in [-0.2, -0.15) is 13.9 Å². The van der Waals surface area contributed by atoms with Crippen molar-refractivity contribution < 1.29 is 18.3 Å². The predicted octanol–water partition coefficient (Wildman–Crippen LogP) is 1.75. The van der Waals surface area contributed by atoms with Gasteiger partial charge in [0.2, 0.25) is 5.56 Å². The maximum Gasteiger partial charge on any atom is 0.387 e. The van der Waals surface area contributed by atoms with Gasteiger partial charge in [0.1, 0.15) is 5.75 Å². The molecule has 2 aromatic rings. The Balaban J connectivity index is 1.96. The highest BCUT2D eigenvalue weighted by molar-refractivity contribution is 5.94. The molecule has 1 aromatic heterocycles. The number of nitrogens with one attached hydrogen (secondary N) is 1. The number of amides is 1. The summed E-state index contributed by atoms with van der Waals surface area (Å²) in [6.07, 6.45) is 2.75. The van der Waals surface area contributed by atoms with Crippen LogP contribution >= 0.6 is 0 Å². The fourth-order valence-corrected chi connectivity index (χ4v) is 1.69. The molecule has 0 unspecified atom stereocenters. The second-order valence-corrected chi connectivity index (χ2v) is 4.51. The molecule has 1 heterocycles. The van der Waals surface area contributed by atoms with Crippen molar-refractivity contribution in [2.75, 3.05) is 0 Å². The number of halogens is 2. The molecule has 0 aliphatic heterocycles. The van der Waals surface area contributed by atoms with E-state index in [2.05, 4.69) is 15.3 Å². The van der Waals surface area contributed by atoms with E-state index < -0.39 is 12.5 Å². The lowest BCUT2D eigenvalue weighted by Crippen LogP contribution is -2.22. The number of pyridine rings is 1. The Bertz CT molecular complexity index is 770. The van der Waals surface area contributed by atoms with Gasteiger partial charge < -0.3 is 9.30 Å². The molecule has 0 radical (unpaired) electrons. The molecule has 1 amide bonds. The predicted molar refractivity (Wildman–Crippen MR) is 79.8 cm³/mol. The number of hydrogen-bond acceptors (Lipinski definition) is 4. The van der Waals surface area contributed by atoms with Crippen LogP contribution in [0.1, 0.15) is 15.9 Å². The summed E-state index contributed by atoms with van der Waals surface area (Å²) in [6.45, 7) is -2.88. The maximum absolute atomic E-state index is 12.0. The summed E-state index contributed by atoms with van der Waals surface area (Å²) in [5.41, 5.74) is 2.95. The van der Waals surface area contributed by atoms with E-state index in [0.717, 1.165) is 0 Å². The average molecular weight is 321 g/mol. The third-order valence-corrected chi connectivity index (χ3v) is 2.83. The smallest absolute Gasteiger partial charge is 0.387 e. The lowest BCUT2D eigenvalue weighted by Gasteiger charge is -2.04. The van der Waals surface area contributed by atoms with Gasteiger partial charge in [0.15, 0.2) is 0 Å². The van der Waals surface area contributed by atoms with Gasteiger partial charge in [0.05, 0.1) is 11.8 Å². The maximum atomic E-state index is 12.0. The SMILES string of the molecule is Cn1cc(C(=O)N/N=C/c2ccc(OC(F)F)cc2)ccc1=O. The third-order valence-electron chi connectivity index (χ3n) is 2.83. The molecule has 0 aliphatic carbocycles. The van der Waals surface area contributed by atoms with E-state index in [9.17, 15) is 18.4 Å². The summed E-state index contributed by atoms with van der Waals surface area (Å²) in [4.78, 5) is 23.1. The van der Waals surface area contributed by atoms with E-state index in [1.54, 1.807) is 0 Å². The molecule has 23 heavy (non-hydrogen) atoms. The van der Waals surface area contributed by atoms with Crippen molar-refractivity contribution in [3.8, 4) is 5.75 Å². The summed E-state index contributed by atoms with van der Waals surface area (Å²) < 4.78 is 29.5. The van der Waals surface area contributed by atoms with Crippen molar-refractivity contribution in [2.45, 2.75) is 6.61 Å². The van der Waals surface area contributed by atoms with Crippen LogP contribution in [0.2, 0.25) is 0 Å². The highest BCUT2D eigenvalue weighted by Gasteiger charge is 2.05. The summed E-state index contributed by atoms with van der Waals surface area (Å²) in [7, 11) is 1.53. The van der Waals surface area contributed by atoms with Crippen molar-refractivity contribution in [1.82, 2.24) is 9.99 Å². The van der Waals surface area contributed by atoms with E-state index in [0.29, 0.717) is 5.56 Å². The van der Waals surface area contributed by atoms with Crippen LogP contribution in [0.15, 0.2) is 52.5 Å².